The first-order valence-corrected chi connectivity index (χ1v) is 18.0. The van der Waals surface area contributed by atoms with Gasteiger partial charge in [-0.3, -0.25) is 9.78 Å². The lowest BCUT2D eigenvalue weighted by molar-refractivity contribution is -0.0262. The molecule has 268 valence electrons. The van der Waals surface area contributed by atoms with Crippen LogP contribution >= 0.6 is 11.6 Å². The molecule has 0 radical (unpaired) electrons. The van der Waals surface area contributed by atoms with E-state index in [0.29, 0.717) is 68.9 Å². The van der Waals surface area contributed by atoms with E-state index < -0.39 is 11.0 Å². The summed E-state index contributed by atoms with van der Waals surface area (Å²) in [5.41, 5.74) is 1.40. The number of rotatable bonds is 11. The number of hydrogen-bond donors (Lipinski definition) is 3. The van der Waals surface area contributed by atoms with Gasteiger partial charge in [-0.05, 0) is 110 Å². The van der Waals surface area contributed by atoms with Crippen molar-refractivity contribution in [3.05, 3.63) is 136 Å². The summed E-state index contributed by atoms with van der Waals surface area (Å²) in [5, 5.41) is 18.2. The summed E-state index contributed by atoms with van der Waals surface area (Å²) < 4.78 is 28.4. The molecular weight excluding hydrogens is 672 g/mol. The molecule has 2 fully saturated rings. The van der Waals surface area contributed by atoms with Gasteiger partial charge in [-0.25, -0.2) is 13.6 Å². The molecule has 4 aromatic rings. The van der Waals surface area contributed by atoms with Crippen molar-refractivity contribution in [2.24, 2.45) is 0 Å². The first-order valence-electron chi connectivity index (χ1n) is 17.6. The van der Waals surface area contributed by atoms with E-state index in [2.05, 4.69) is 20.5 Å². The quantitative estimate of drug-likeness (QED) is 0.161. The van der Waals surface area contributed by atoms with E-state index >= 15 is 0 Å². The Labute approximate surface area is 302 Å². The number of urea groups is 1. The number of hydrogen-bond acceptors (Lipinski definition) is 5. The largest absolute Gasteiger partial charge is 0.385 e. The van der Waals surface area contributed by atoms with E-state index in [1.54, 1.807) is 65.8 Å². The number of aromatic nitrogens is 1. The number of piperidine rings is 2. The zero-order chi connectivity index (χ0) is 35.8. The van der Waals surface area contributed by atoms with E-state index in [4.69, 9.17) is 11.6 Å². The second-order valence-electron chi connectivity index (χ2n) is 13.7. The van der Waals surface area contributed by atoms with Crippen molar-refractivity contribution in [2.75, 3.05) is 39.3 Å². The van der Waals surface area contributed by atoms with E-state index in [-0.39, 0.29) is 36.2 Å². The SMILES string of the molecule is O=C(NCC(CCCN1CCC(O)(c2ccc(Cl)cc2)CC1)(c1ccc(F)cc1)c1ccc(F)cc1)NC1CCN(C(=O)c2ccncc2)CC1. The molecular formula is C40H44ClF2N5O3. The van der Waals surface area contributed by atoms with E-state index in [0.717, 1.165) is 29.7 Å². The predicted molar refractivity (Wildman–Crippen MR) is 194 cm³/mol. The minimum absolute atomic E-state index is 0.0505. The normalized spacial score (nSPS) is 16.8. The van der Waals surface area contributed by atoms with Crippen LogP contribution in [0, 0.1) is 11.6 Å². The Morgan fingerprint density at radius 2 is 1.41 bits per heavy atom. The standard InChI is InChI=1S/C40H44ClF2N5O3/c41-33-8-2-32(3-9-33)40(51)19-26-47(27-20-40)23-1-18-39(30-4-10-34(42)11-5-30,31-6-12-35(43)13-7-31)28-45-38(50)46-36-16-24-48(25-17-36)37(49)29-14-21-44-22-15-29/h2-15,21-22,36,51H,1,16-20,23-28H2,(H2,45,46,50). The van der Waals surface area contributed by atoms with Gasteiger partial charge in [-0.1, -0.05) is 48.0 Å². The number of benzene rings is 3. The van der Waals surface area contributed by atoms with Gasteiger partial charge in [0.2, 0.25) is 0 Å². The van der Waals surface area contributed by atoms with Crippen LogP contribution in [0.15, 0.2) is 97.3 Å². The Hall–Kier alpha value is -4.38. The highest BCUT2D eigenvalue weighted by Gasteiger charge is 2.37. The molecule has 0 atom stereocenters. The molecule has 51 heavy (non-hydrogen) atoms. The van der Waals surface area contributed by atoms with Crippen molar-refractivity contribution >= 4 is 23.5 Å². The molecule has 3 aromatic carbocycles. The molecule has 2 aliphatic rings. The number of nitrogens with one attached hydrogen (secondary N) is 2. The highest BCUT2D eigenvalue weighted by atomic mass is 35.5. The van der Waals surface area contributed by atoms with Crippen LogP contribution in [0.5, 0.6) is 0 Å². The lowest BCUT2D eigenvalue weighted by Gasteiger charge is -2.40. The number of halogens is 3. The minimum Gasteiger partial charge on any atom is -0.385 e. The van der Waals surface area contributed by atoms with Gasteiger partial charge in [0.15, 0.2) is 0 Å². The molecule has 0 spiro atoms. The van der Waals surface area contributed by atoms with Crippen LogP contribution < -0.4 is 10.6 Å². The molecule has 2 saturated heterocycles. The summed E-state index contributed by atoms with van der Waals surface area (Å²) in [7, 11) is 0. The Morgan fingerprint density at radius 3 is 1.98 bits per heavy atom. The monoisotopic (exact) mass is 715 g/mol. The summed E-state index contributed by atoms with van der Waals surface area (Å²) in [5.74, 6) is -0.786. The predicted octanol–water partition coefficient (Wildman–Crippen LogP) is 6.67. The van der Waals surface area contributed by atoms with Crippen LogP contribution in [0.25, 0.3) is 0 Å². The van der Waals surface area contributed by atoms with Crippen LogP contribution in [0.3, 0.4) is 0 Å². The average molecular weight is 716 g/mol. The Bertz CT molecular complexity index is 1700. The maximum atomic E-state index is 14.2. The summed E-state index contributed by atoms with van der Waals surface area (Å²) in [6.07, 6.45) is 6.95. The fourth-order valence-electron chi connectivity index (χ4n) is 7.46. The molecule has 6 rings (SSSR count). The van der Waals surface area contributed by atoms with Crippen molar-refractivity contribution in [3.8, 4) is 0 Å². The van der Waals surface area contributed by atoms with Crippen LogP contribution in [0.2, 0.25) is 5.02 Å². The molecule has 11 heteroatoms. The summed E-state index contributed by atoms with van der Waals surface area (Å²) in [4.78, 5) is 34.4. The Balaban J connectivity index is 1.11. The topological polar surface area (TPSA) is 97.8 Å². The molecule has 0 bridgehead atoms. The van der Waals surface area contributed by atoms with Gasteiger partial charge in [0, 0.05) is 67.2 Å². The number of aliphatic hydroxyl groups is 1. The molecule has 3 amide bonds. The third-order valence-corrected chi connectivity index (χ3v) is 10.8. The van der Waals surface area contributed by atoms with E-state index in [9.17, 15) is 23.5 Å². The third-order valence-electron chi connectivity index (χ3n) is 10.5. The number of pyridine rings is 1. The Morgan fingerprint density at radius 1 is 0.843 bits per heavy atom. The van der Waals surface area contributed by atoms with Crippen LogP contribution in [-0.2, 0) is 11.0 Å². The van der Waals surface area contributed by atoms with Gasteiger partial charge in [-0.2, -0.15) is 0 Å². The third kappa shape index (κ3) is 8.92. The second-order valence-corrected chi connectivity index (χ2v) is 14.1. The lowest BCUT2D eigenvalue weighted by Crippen LogP contribution is -2.51. The van der Waals surface area contributed by atoms with Crippen molar-refractivity contribution in [3.63, 3.8) is 0 Å². The highest BCUT2D eigenvalue weighted by molar-refractivity contribution is 6.30. The van der Waals surface area contributed by atoms with E-state index in [1.165, 1.54) is 24.3 Å². The second kappa shape index (κ2) is 16.3. The van der Waals surface area contributed by atoms with E-state index in [1.807, 2.05) is 12.1 Å². The fraction of sp³-hybridized carbons (Fsp3) is 0.375. The van der Waals surface area contributed by atoms with Crippen LogP contribution in [0.1, 0.15) is 65.6 Å². The van der Waals surface area contributed by atoms with Crippen molar-refractivity contribution in [1.29, 1.82) is 0 Å². The maximum absolute atomic E-state index is 14.2. The number of nitrogens with zero attached hydrogens (tertiary/aromatic N) is 3. The zero-order valence-electron chi connectivity index (χ0n) is 28.5. The lowest BCUT2D eigenvalue weighted by atomic mass is 9.71. The summed E-state index contributed by atoms with van der Waals surface area (Å²) >= 11 is 6.07. The fourth-order valence-corrected chi connectivity index (χ4v) is 7.58. The number of carbonyl (C=O) groups excluding carboxylic acids is 2. The number of carbonyl (C=O) groups is 2. The molecule has 0 aliphatic carbocycles. The molecule has 0 unspecified atom stereocenters. The van der Waals surface area contributed by atoms with Crippen LogP contribution in [-0.4, -0.2) is 77.1 Å². The zero-order valence-corrected chi connectivity index (χ0v) is 29.3. The molecule has 3 N–H and O–H groups in total. The van der Waals surface area contributed by atoms with Gasteiger partial charge < -0.3 is 25.5 Å². The molecule has 8 nitrogen and oxygen atoms in total. The highest BCUT2D eigenvalue weighted by Crippen LogP contribution is 2.38. The van der Waals surface area contributed by atoms with Gasteiger partial charge in [0.1, 0.15) is 11.6 Å². The van der Waals surface area contributed by atoms with Gasteiger partial charge in [0.05, 0.1) is 5.60 Å². The maximum Gasteiger partial charge on any atom is 0.315 e. The van der Waals surface area contributed by atoms with Gasteiger partial charge >= 0.3 is 6.03 Å². The van der Waals surface area contributed by atoms with Crippen LogP contribution in [0.4, 0.5) is 13.6 Å². The number of amides is 3. The molecule has 0 saturated carbocycles. The van der Waals surface area contributed by atoms with Crippen molar-refractivity contribution in [2.45, 2.75) is 55.6 Å². The number of likely N-dealkylation sites (tertiary alicyclic amines) is 2. The van der Waals surface area contributed by atoms with Crippen molar-refractivity contribution in [1.82, 2.24) is 25.4 Å². The summed E-state index contributed by atoms with van der Waals surface area (Å²) in [6, 6.07) is 22.9. The Kier molecular flexibility index (Phi) is 11.6. The van der Waals surface area contributed by atoms with Gasteiger partial charge in [0.25, 0.3) is 5.91 Å². The molecule has 3 heterocycles. The van der Waals surface area contributed by atoms with Crippen molar-refractivity contribution < 1.29 is 23.5 Å². The first-order chi connectivity index (χ1) is 24.6. The first kappa shape index (κ1) is 36.4. The average Bonchev–Trinajstić information content (AvgIpc) is 3.15. The molecule has 2 aliphatic heterocycles. The minimum atomic E-state index is -0.907. The van der Waals surface area contributed by atoms with Gasteiger partial charge in [-0.15, -0.1) is 0 Å². The smallest absolute Gasteiger partial charge is 0.315 e. The summed E-state index contributed by atoms with van der Waals surface area (Å²) in [6.45, 7) is 3.43. The molecule has 1 aromatic heterocycles.